The lowest BCUT2D eigenvalue weighted by molar-refractivity contribution is -0.119. The Bertz CT molecular complexity index is 622. The molecule has 2 aromatic rings. The van der Waals surface area contributed by atoms with Gasteiger partial charge in [-0.25, -0.2) is 9.97 Å². The van der Waals surface area contributed by atoms with E-state index < -0.39 is 0 Å². The monoisotopic (exact) mass is 260 g/mol. The third-order valence-corrected chi connectivity index (χ3v) is 3.27. The van der Waals surface area contributed by atoms with E-state index in [2.05, 4.69) is 20.2 Å². The molecule has 0 aliphatic carbocycles. The summed E-state index contributed by atoms with van der Waals surface area (Å²) in [4.78, 5) is 21.9. The van der Waals surface area contributed by atoms with E-state index in [0.717, 1.165) is 31.0 Å². The number of nitrogens with two attached hydrogens (primary N) is 1. The molecule has 1 aliphatic heterocycles. The number of nitrogens with one attached hydrogen (secondary N) is 1. The average molecular weight is 260 g/mol. The second-order valence-corrected chi connectivity index (χ2v) is 4.78. The zero-order chi connectivity index (χ0) is 13.4. The highest BCUT2D eigenvalue weighted by molar-refractivity contribution is 5.73. The van der Waals surface area contributed by atoms with Crippen LogP contribution in [0, 0.1) is 0 Å². The van der Waals surface area contributed by atoms with E-state index in [1.807, 2.05) is 10.6 Å². The molecule has 1 atom stereocenters. The van der Waals surface area contributed by atoms with Crippen LogP contribution in [0.2, 0.25) is 0 Å². The Morgan fingerprint density at radius 2 is 2.42 bits per heavy atom. The highest BCUT2D eigenvalue weighted by Crippen LogP contribution is 2.23. The van der Waals surface area contributed by atoms with Crippen molar-refractivity contribution >= 4 is 23.2 Å². The van der Waals surface area contributed by atoms with E-state index in [9.17, 15) is 4.79 Å². The number of imidazole rings is 1. The first kappa shape index (κ1) is 11.8. The van der Waals surface area contributed by atoms with Gasteiger partial charge in [-0.1, -0.05) is 0 Å². The van der Waals surface area contributed by atoms with Crippen molar-refractivity contribution in [1.29, 1.82) is 0 Å². The molecule has 3 heterocycles. The summed E-state index contributed by atoms with van der Waals surface area (Å²) in [5, 5.41) is 2.93. The van der Waals surface area contributed by atoms with Crippen LogP contribution >= 0.6 is 0 Å². The second kappa shape index (κ2) is 4.42. The number of nitrogen functional groups attached to an aromatic ring is 1. The predicted octanol–water partition coefficient (Wildman–Crippen LogP) is 0.0263. The van der Waals surface area contributed by atoms with Gasteiger partial charge in [0.1, 0.15) is 5.82 Å². The SMILES string of the molecule is CC(=O)NC1CCN(c2nc(N)cn3ccnc23)C1. The van der Waals surface area contributed by atoms with Gasteiger partial charge >= 0.3 is 0 Å². The Kier molecular flexibility index (Phi) is 2.73. The van der Waals surface area contributed by atoms with Crippen molar-refractivity contribution in [2.75, 3.05) is 23.7 Å². The number of carbonyl (C=O) groups is 1. The molecule has 1 amide bonds. The van der Waals surface area contributed by atoms with Crippen LogP contribution in [-0.4, -0.2) is 39.4 Å². The maximum absolute atomic E-state index is 11.1. The standard InChI is InChI=1S/C12H16N6O/c1-8(19)15-9-2-4-17(6-9)12-11-14-3-5-18(11)7-10(13)16-12/h3,5,7,9H,2,4,6,13H2,1H3,(H,15,19). The minimum atomic E-state index is -0.00153. The number of nitrogens with zero attached hydrogens (tertiary/aromatic N) is 4. The van der Waals surface area contributed by atoms with Crippen molar-refractivity contribution in [3.63, 3.8) is 0 Å². The van der Waals surface area contributed by atoms with Crippen LogP contribution in [0.3, 0.4) is 0 Å². The van der Waals surface area contributed by atoms with Crippen LogP contribution in [0.1, 0.15) is 13.3 Å². The molecule has 0 bridgehead atoms. The van der Waals surface area contributed by atoms with Gasteiger partial charge in [-0.3, -0.25) is 4.79 Å². The number of carbonyl (C=O) groups excluding carboxylic acids is 1. The Labute approximate surface area is 110 Å². The third kappa shape index (κ3) is 2.18. The predicted molar refractivity (Wildman–Crippen MR) is 71.8 cm³/mol. The number of hydrogen-bond donors (Lipinski definition) is 2. The molecule has 0 radical (unpaired) electrons. The summed E-state index contributed by atoms with van der Waals surface area (Å²) >= 11 is 0. The molecule has 7 nitrogen and oxygen atoms in total. The Morgan fingerprint density at radius 1 is 1.58 bits per heavy atom. The summed E-state index contributed by atoms with van der Waals surface area (Å²) in [7, 11) is 0. The molecule has 1 aliphatic rings. The summed E-state index contributed by atoms with van der Waals surface area (Å²) in [6.07, 6.45) is 6.22. The number of aromatic nitrogens is 3. The van der Waals surface area contributed by atoms with E-state index in [1.165, 1.54) is 6.92 Å². The third-order valence-electron chi connectivity index (χ3n) is 3.27. The molecule has 0 spiro atoms. The topological polar surface area (TPSA) is 88.5 Å². The molecular formula is C12H16N6O. The summed E-state index contributed by atoms with van der Waals surface area (Å²) in [5.41, 5.74) is 6.60. The quantitative estimate of drug-likeness (QED) is 0.795. The Morgan fingerprint density at radius 3 is 3.21 bits per heavy atom. The molecule has 19 heavy (non-hydrogen) atoms. The van der Waals surface area contributed by atoms with Gasteiger partial charge in [0.2, 0.25) is 5.91 Å². The van der Waals surface area contributed by atoms with E-state index in [-0.39, 0.29) is 11.9 Å². The lowest BCUT2D eigenvalue weighted by Crippen LogP contribution is -2.35. The molecule has 7 heteroatoms. The number of rotatable bonds is 2. The maximum atomic E-state index is 11.1. The van der Waals surface area contributed by atoms with E-state index in [4.69, 9.17) is 5.73 Å². The molecule has 3 N–H and O–H groups in total. The van der Waals surface area contributed by atoms with Gasteiger partial charge in [0, 0.05) is 38.4 Å². The lowest BCUT2D eigenvalue weighted by Gasteiger charge is -2.18. The molecule has 1 fully saturated rings. The Balaban J connectivity index is 1.89. The molecule has 1 unspecified atom stereocenters. The molecule has 0 saturated carbocycles. The molecule has 3 rings (SSSR count). The van der Waals surface area contributed by atoms with Crippen molar-refractivity contribution in [3.05, 3.63) is 18.6 Å². The fourth-order valence-corrected chi connectivity index (χ4v) is 2.50. The first-order chi connectivity index (χ1) is 9.13. The fraction of sp³-hybridized carbons (Fsp3) is 0.417. The molecule has 0 aromatic carbocycles. The van der Waals surface area contributed by atoms with Gasteiger partial charge in [0.15, 0.2) is 11.5 Å². The van der Waals surface area contributed by atoms with Crippen molar-refractivity contribution in [2.24, 2.45) is 0 Å². The van der Waals surface area contributed by atoms with Gasteiger partial charge in [-0.2, -0.15) is 0 Å². The lowest BCUT2D eigenvalue weighted by atomic mass is 10.3. The highest BCUT2D eigenvalue weighted by atomic mass is 16.1. The molecule has 2 aromatic heterocycles. The summed E-state index contributed by atoms with van der Waals surface area (Å²) in [6.45, 7) is 3.11. The van der Waals surface area contributed by atoms with Crippen LogP contribution in [0.25, 0.3) is 5.65 Å². The van der Waals surface area contributed by atoms with Crippen LogP contribution in [0.15, 0.2) is 18.6 Å². The number of amides is 1. The average Bonchev–Trinajstić information content (AvgIpc) is 2.95. The minimum absolute atomic E-state index is 0.00153. The minimum Gasteiger partial charge on any atom is -0.382 e. The molecular weight excluding hydrogens is 244 g/mol. The van der Waals surface area contributed by atoms with Crippen LogP contribution < -0.4 is 16.0 Å². The summed E-state index contributed by atoms with van der Waals surface area (Å²) in [6, 6.07) is 0.163. The van der Waals surface area contributed by atoms with Crippen molar-refractivity contribution in [2.45, 2.75) is 19.4 Å². The van der Waals surface area contributed by atoms with Crippen molar-refractivity contribution in [1.82, 2.24) is 19.7 Å². The smallest absolute Gasteiger partial charge is 0.217 e. The number of fused-ring (bicyclic) bond motifs is 1. The van der Waals surface area contributed by atoms with Gasteiger partial charge in [-0.15, -0.1) is 0 Å². The molecule has 1 saturated heterocycles. The van der Waals surface area contributed by atoms with E-state index >= 15 is 0 Å². The van der Waals surface area contributed by atoms with Crippen molar-refractivity contribution in [3.8, 4) is 0 Å². The van der Waals surface area contributed by atoms with Gasteiger partial charge in [0.25, 0.3) is 0 Å². The fourth-order valence-electron chi connectivity index (χ4n) is 2.50. The number of hydrogen-bond acceptors (Lipinski definition) is 5. The first-order valence-corrected chi connectivity index (χ1v) is 6.25. The van der Waals surface area contributed by atoms with Crippen molar-refractivity contribution < 1.29 is 4.79 Å². The normalized spacial score (nSPS) is 19.0. The van der Waals surface area contributed by atoms with E-state index in [1.54, 1.807) is 12.4 Å². The molecule has 100 valence electrons. The largest absolute Gasteiger partial charge is 0.382 e. The van der Waals surface area contributed by atoms with Crippen LogP contribution in [0.4, 0.5) is 11.6 Å². The van der Waals surface area contributed by atoms with Crippen LogP contribution in [-0.2, 0) is 4.79 Å². The summed E-state index contributed by atoms with van der Waals surface area (Å²) < 4.78 is 1.86. The van der Waals surface area contributed by atoms with E-state index in [0.29, 0.717) is 5.82 Å². The maximum Gasteiger partial charge on any atom is 0.217 e. The second-order valence-electron chi connectivity index (χ2n) is 4.78. The Hall–Kier alpha value is -2.31. The number of anilines is 2. The highest BCUT2D eigenvalue weighted by Gasteiger charge is 2.26. The zero-order valence-corrected chi connectivity index (χ0v) is 10.7. The first-order valence-electron chi connectivity index (χ1n) is 6.25. The van der Waals surface area contributed by atoms with Crippen LogP contribution in [0.5, 0.6) is 0 Å². The van der Waals surface area contributed by atoms with Gasteiger partial charge < -0.3 is 20.4 Å². The zero-order valence-electron chi connectivity index (χ0n) is 10.7. The van der Waals surface area contributed by atoms with Gasteiger partial charge in [0.05, 0.1) is 6.20 Å². The van der Waals surface area contributed by atoms with Gasteiger partial charge in [-0.05, 0) is 6.42 Å². The summed E-state index contributed by atoms with van der Waals surface area (Å²) in [5.74, 6) is 1.24.